The summed E-state index contributed by atoms with van der Waals surface area (Å²) in [5, 5.41) is 17.8. The summed E-state index contributed by atoms with van der Waals surface area (Å²) in [6.45, 7) is 7.37. The number of aliphatic hydroxyl groups excluding tert-OH is 1. The predicted molar refractivity (Wildman–Crippen MR) is 150 cm³/mol. The highest BCUT2D eigenvalue weighted by Gasteiger charge is 2.23. The molecule has 4 bridgehead atoms. The van der Waals surface area contributed by atoms with Gasteiger partial charge in [-0.25, -0.2) is 0 Å². The predicted octanol–water partition coefficient (Wildman–Crippen LogP) is 5.27. The van der Waals surface area contributed by atoms with Gasteiger partial charge in [0.05, 0.1) is 12.1 Å². The van der Waals surface area contributed by atoms with Gasteiger partial charge in [-0.3, -0.25) is 9.78 Å². The van der Waals surface area contributed by atoms with E-state index >= 15 is 0 Å². The molecule has 2 heterocycles. The third-order valence-corrected chi connectivity index (χ3v) is 7.20. The number of fused-ring (bicyclic) bond motifs is 4. The molecule has 3 aromatic rings. The monoisotopic (exact) mass is 499 g/mol. The van der Waals surface area contributed by atoms with Crippen LogP contribution in [0.1, 0.15) is 83.0 Å². The Bertz CT molecular complexity index is 1190. The van der Waals surface area contributed by atoms with Crippen molar-refractivity contribution in [2.75, 3.05) is 6.54 Å². The largest absolute Gasteiger partial charge is 0.390 e. The Labute approximate surface area is 221 Å². The molecular weight excluding hydrogens is 458 g/mol. The van der Waals surface area contributed by atoms with Crippen molar-refractivity contribution in [3.63, 3.8) is 0 Å². The number of benzene rings is 2. The number of amides is 1. The lowest BCUT2D eigenvalue weighted by Crippen LogP contribution is -2.48. The van der Waals surface area contributed by atoms with E-state index in [-0.39, 0.29) is 5.91 Å². The van der Waals surface area contributed by atoms with Crippen LogP contribution in [0.15, 0.2) is 60.7 Å². The van der Waals surface area contributed by atoms with Gasteiger partial charge < -0.3 is 15.7 Å². The molecule has 5 nitrogen and oxygen atoms in total. The van der Waals surface area contributed by atoms with E-state index in [9.17, 15) is 9.90 Å². The molecular formula is C32H41N3O2. The highest BCUT2D eigenvalue weighted by Crippen LogP contribution is 2.17. The number of aryl methyl sites for hydroxylation is 3. The summed E-state index contributed by atoms with van der Waals surface area (Å²) in [6, 6.07) is 20.4. The molecule has 2 aromatic carbocycles. The Hall–Kier alpha value is -3.02. The topological polar surface area (TPSA) is 74.2 Å². The first-order valence-electron chi connectivity index (χ1n) is 13.7. The summed E-state index contributed by atoms with van der Waals surface area (Å²) >= 11 is 0. The van der Waals surface area contributed by atoms with Crippen LogP contribution in [-0.4, -0.2) is 34.7 Å². The molecule has 0 aliphatic carbocycles. The number of carbonyl (C=O) groups excluding carboxylic acids is 1. The number of rotatable bonds is 6. The Morgan fingerprint density at radius 3 is 2.62 bits per heavy atom. The molecule has 0 unspecified atom stereocenters. The number of pyridine rings is 1. The zero-order valence-electron chi connectivity index (χ0n) is 22.5. The maximum Gasteiger partial charge on any atom is 0.251 e. The minimum absolute atomic E-state index is 0.161. The van der Waals surface area contributed by atoms with Crippen LogP contribution in [0.3, 0.4) is 0 Å². The van der Waals surface area contributed by atoms with Gasteiger partial charge in [0, 0.05) is 30.0 Å². The maximum atomic E-state index is 13.3. The van der Waals surface area contributed by atoms with E-state index in [1.807, 2.05) is 19.1 Å². The van der Waals surface area contributed by atoms with Crippen LogP contribution in [-0.2, 0) is 25.8 Å². The van der Waals surface area contributed by atoms with E-state index in [2.05, 4.69) is 78.0 Å². The van der Waals surface area contributed by atoms with E-state index in [0.29, 0.717) is 31.0 Å². The fourth-order valence-corrected chi connectivity index (χ4v) is 5.08. The molecule has 4 rings (SSSR count). The minimum atomic E-state index is -0.737. The van der Waals surface area contributed by atoms with E-state index in [0.717, 1.165) is 49.1 Å². The van der Waals surface area contributed by atoms with Gasteiger partial charge in [0.25, 0.3) is 5.91 Å². The summed E-state index contributed by atoms with van der Waals surface area (Å²) in [5.74, 6) is 0.314. The molecule has 196 valence electrons. The van der Waals surface area contributed by atoms with Crippen molar-refractivity contribution in [3.05, 3.63) is 99.9 Å². The first-order valence-corrected chi connectivity index (χ1v) is 13.7. The Kier molecular flexibility index (Phi) is 9.48. The Balaban J connectivity index is 1.51. The van der Waals surface area contributed by atoms with Gasteiger partial charge in [0.1, 0.15) is 0 Å². The number of hydrogen-bond acceptors (Lipinski definition) is 4. The Morgan fingerprint density at radius 2 is 1.78 bits per heavy atom. The first-order chi connectivity index (χ1) is 17.9. The third-order valence-electron chi connectivity index (χ3n) is 7.20. The average Bonchev–Trinajstić information content (AvgIpc) is 2.88. The van der Waals surface area contributed by atoms with Crippen molar-refractivity contribution in [1.82, 2.24) is 15.6 Å². The van der Waals surface area contributed by atoms with E-state index < -0.39 is 12.1 Å². The highest BCUT2D eigenvalue weighted by molar-refractivity contribution is 5.94. The molecule has 3 N–H and O–H groups in total. The summed E-state index contributed by atoms with van der Waals surface area (Å²) in [5.41, 5.74) is 7.36. The quantitative estimate of drug-likeness (QED) is 0.432. The standard InChI is InChI=1S/C32H41N3O2/c1-22(2)27-13-8-12-26(17-27)20-33-21-31(36)30-18-25-11-7-10-24(16-25)9-5-4-6-14-29-19-28(32(37)35-30)15-23(3)34-29/h7-8,10-13,15-17,19,22,30-31,33,36H,4-6,9,14,18,20-21H2,1-3H3,(H,35,37)/t30-,31+/m0/s1. The highest BCUT2D eigenvalue weighted by atomic mass is 16.3. The molecule has 37 heavy (non-hydrogen) atoms. The van der Waals surface area contributed by atoms with Crippen molar-refractivity contribution < 1.29 is 9.90 Å². The first kappa shape index (κ1) is 27.0. The van der Waals surface area contributed by atoms with Crippen LogP contribution in [0, 0.1) is 6.92 Å². The zero-order valence-corrected chi connectivity index (χ0v) is 22.5. The Morgan fingerprint density at radius 1 is 1.00 bits per heavy atom. The summed E-state index contributed by atoms with van der Waals surface area (Å²) in [6.07, 6.45) is 5.07. The van der Waals surface area contributed by atoms with Gasteiger partial charge in [-0.15, -0.1) is 0 Å². The normalized spacial score (nSPS) is 17.5. The summed E-state index contributed by atoms with van der Waals surface area (Å²) in [7, 11) is 0. The van der Waals surface area contributed by atoms with Crippen molar-refractivity contribution in [3.8, 4) is 0 Å². The van der Waals surface area contributed by atoms with Gasteiger partial charge in [-0.05, 0) is 79.3 Å². The lowest BCUT2D eigenvalue weighted by molar-refractivity contribution is 0.0829. The van der Waals surface area contributed by atoms with Crippen LogP contribution in [0.2, 0.25) is 0 Å². The molecule has 1 aromatic heterocycles. The molecule has 0 radical (unpaired) electrons. The van der Waals surface area contributed by atoms with Crippen LogP contribution in [0.4, 0.5) is 0 Å². The molecule has 0 saturated heterocycles. The van der Waals surface area contributed by atoms with Crippen molar-refractivity contribution in [2.24, 2.45) is 0 Å². The lowest BCUT2D eigenvalue weighted by atomic mass is 9.97. The molecule has 0 spiro atoms. The SMILES string of the molecule is Cc1cc2cc(n1)CCCCCc1cccc(c1)C[C@@H]([C@H](O)CNCc1cccc(C(C)C)c1)NC2=O. The van der Waals surface area contributed by atoms with Crippen molar-refractivity contribution >= 4 is 5.91 Å². The number of aliphatic hydroxyl groups is 1. The fraction of sp³-hybridized carbons (Fsp3) is 0.438. The molecule has 1 amide bonds. The number of nitrogens with one attached hydrogen (secondary N) is 2. The molecule has 0 saturated carbocycles. The van der Waals surface area contributed by atoms with Crippen LogP contribution in [0.25, 0.3) is 0 Å². The van der Waals surface area contributed by atoms with E-state index in [4.69, 9.17) is 0 Å². The van der Waals surface area contributed by atoms with Crippen molar-refractivity contribution in [1.29, 1.82) is 0 Å². The number of nitrogens with zero attached hydrogens (tertiary/aromatic N) is 1. The minimum Gasteiger partial charge on any atom is -0.390 e. The van der Waals surface area contributed by atoms with Gasteiger partial charge in [-0.1, -0.05) is 68.8 Å². The van der Waals surface area contributed by atoms with Gasteiger partial charge in [0.2, 0.25) is 0 Å². The second-order valence-corrected chi connectivity index (χ2v) is 10.8. The average molecular weight is 500 g/mol. The van der Waals surface area contributed by atoms with Crippen LogP contribution < -0.4 is 10.6 Å². The number of aromatic nitrogens is 1. The summed E-state index contributed by atoms with van der Waals surface area (Å²) < 4.78 is 0. The number of hydrogen-bond donors (Lipinski definition) is 3. The van der Waals surface area contributed by atoms with Crippen molar-refractivity contribution in [2.45, 2.75) is 83.9 Å². The van der Waals surface area contributed by atoms with E-state index in [1.165, 1.54) is 16.7 Å². The van der Waals surface area contributed by atoms with Gasteiger partial charge >= 0.3 is 0 Å². The van der Waals surface area contributed by atoms with Gasteiger partial charge in [-0.2, -0.15) is 0 Å². The van der Waals surface area contributed by atoms with Crippen LogP contribution in [0.5, 0.6) is 0 Å². The molecule has 1 aliphatic heterocycles. The van der Waals surface area contributed by atoms with Crippen LogP contribution >= 0.6 is 0 Å². The zero-order chi connectivity index (χ0) is 26.2. The third kappa shape index (κ3) is 7.98. The van der Waals surface area contributed by atoms with E-state index in [1.54, 1.807) is 0 Å². The smallest absolute Gasteiger partial charge is 0.251 e. The molecule has 2 atom stereocenters. The second kappa shape index (κ2) is 13.0. The second-order valence-electron chi connectivity index (χ2n) is 10.8. The lowest BCUT2D eigenvalue weighted by Gasteiger charge is -2.25. The molecule has 0 fully saturated rings. The molecule has 5 heteroatoms. The number of carbonyl (C=O) groups is 1. The van der Waals surface area contributed by atoms with Gasteiger partial charge in [0.15, 0.2) is 0 Å². The fourth-order valence-electron chi connectivity index (χ4n) is 5.08. The summed E-state index contributed by atoms with van der Waals surface area (Å²) in [4.78, 5) is 18.0. The molecule has 1 aliphatic rings. The maximum absolute atomic E-state index is 13.3.